The Hall–Kier alpha value is -1.24. The molecule has 1 aromatic rings. The Morgan fingerprint density at radius 3 is 2.80 bits per heavy atom. The predicted molar refractivity (Wildman–Crippen MR) is 42.8 cm³/mol. The molecule has 0 amide bonds. The standard InChI is InChI=1S/C9H10O/c1-2-4-8-5-3-6-9(10)7-8/h2-7,10H,1H3/b4-2-. The molecule has 0 atom stereocenters. The predicted octanol–water partition coefficient (Wildman–Crippen LogP) is 2.43. The number of hydrogen-bond donors (Lipinski definition) is 1. The van der Waals surface area contributed by atoms with Crippen LogP contribution in [0, 0.1) is 0 Å². The van der Waals surface area contributed by atoms with E-state index in [1.807, 2.05) is 31.2 Å². The molecule has 0 radical (unpaired) electrons. The SMILES string of the molecule is C/C=C\c1cccc(O)c1. The largest absolute Gasteiger partial charge is 0.508 e. The number of phenolic OH excluding ortho intramolecular Hbond substituents is 1. The first-order valence-electron chi connectivity index (χ1n) is 3.24. The highest BCUT2D eigenvalue weighted by atomic mass is 16.3. The van der Waals surface area contributed by atoms with Crippen LogP contribution in [0.5, 0.6) is 5.75 Å². The highest BCUT2D eigenvalue weighted by Crippen LogP contribution is 2.11. The quantitative estimate of drug-likeness (QED) is 0.625. The van der Waals surface area contributed by atoms with E-state index in [1.165, 1.54) is 0 Å². The Kier molecular flexibility index (Phi) is 2.11. The molecule has 0 aromatic heterocycles. The van der Waals surface area contributed by atoms with Crippen molar-refractivity contribution in [3.8, 4) is 5.75 Å². The normalized spacial score (nSPS) is 10.5. The van der Waals surface area contributed by atoms with Gasteiger partial charge in [0.15, 0.2) is 0 Å². The van der Waals surface area contributed by atoms with Crippen LogP contribution in [-0.2, 0) is 0 Å². The Balaban J connectivity index is 2.95. The van der Waals surface area contributed by atoms with E-state index in [0.717, 1.165) is 5.56 Å². The molecule has 0 bridgehead atoms. The molecule has 0 aliphatic heterocycles. The summed E-state index contributed by atoms with van der Waals surface area (Å²) >= 11 is 0. The van der Waals surface area contributed by atoms with Crippen LogP contribution in [0.2, 0.25) is 0 Å². The van der Waals surface area contributed by atoms with E-state index >= 15 is 0 Å². The fourth-order valence-corrected chi connectivity index (χ4v) is 0.821. The van der Waals surface area contributed by atoms with Crippen LogP contribution >= 0.6 is 0 Å². The van der Waals surface area contributed by atoms with Gasteiger partial charge in [-0.15, -0.1) is 0 Å². The molecule has 0 aliphatic carbocycles. The van der Waals surface area contributed by atoms with Crippen LogP contribution in [0.3, 0.4) is 0 Å². The third-order valence-corrected chi connectivity index (χ3v) is 1.23. The van der Waals surface area contributed by atoms with Gasteiger partial charge in [-0.05, 0) is 24.6 Å². The van der Waals surface area contributed by atoms with Gasteiger partial charge in [0, 0.05) is 0 Å². The molecule has 0 saturated carbocycles. The van der Waals surface area contributed by atoms with E-state index in [2.05, 4.69) is 0 Å². The fraction of sp³-hybridized carbons (Fsp3) is 0.111. The Labute approximate surface area is 60.6 Å². The topological polar surface area (TPSA) is 20.2 Å². The van der Waals surface area contributed by atoms with Gasteiger partial charge in [0.05, 0.1) is 0 Å². The smallest absolute Gasteiger partial charge is 0.116 e. The lowest BCUT2D eigenvalue weighted by Crippen LogP contribution is -1.68. The molecular formula is C9H10O. The summed E-state index contributed by atoms with van der Waals surface area (Å²) in [5, 5.41) is 9.01. The molecule has 0 spiro atoms. The van der Waals surface area contributed by atoms with Crippen LogP contribution in [0.15, 0.2) is 30.3 Å². The molecule has 0 fully saturated rings. The van der Waals surface area contributed by atoms with Crippen molar-refractivity contribution in [2.45, 2.75) is 6.92 Å². The first kappa shape index (κ1) is 6.87. The molecule has 52 valence electrons. The fourth-order valence-electron chi connectivity index (χ4n) is 0.821. The maximum atomic E-state index is 9.01. The maximum Gasteiger partial charge on any atom is 0.116 e. The molecule has 1 aromatic carbocycles. The second-order valence-electron chi connectivity index (χ2n) is 2.09. The van der Waals surface area contributed by atoms with E-state index in [4.69, 9.17) is 5.11 Å². The minimum Gasteiger partial charge on any atom is -0.508 e. The first-order valence-corrected chi connectivity index (χ1v) is 3.24. The second-order valence-corrected chi connectivity index (χ2v) is 2.09. The Morgan fingerprint density at radius 2 is 2.20 bits per heavy atom. The minimum absolute atomic E-state index is 0.315. The molecular weight excluding hydrogens is 124 g/mol. The molecule has 0 unspecified atom stereocenters. The van der Waals surface area contributed by atoms with Crippen molar-refractivity contribution in [1.29, 1.82) is 0 Å². The Morgan fingerprint density at radius 1 is 1.40 bits per heavy atom. The lowest BCUT2D eigenvalue weighted by Gasteiger charge is -1.92. The summed E-state index contributed by atoms with van der Waals surface area (Å²) in [5.74, 6) is 0.315. The zero-order valence-electron chi connectivity index (χ0n) is 5.91. The highest BCUT2D eigenvalue weighted by molar-refractivity contribution is 5.50. The zero-order valence-corrected chi connectivity index (χ0v) is 5.91. The van der Waals surface area contributed by atoms with E-state index in [0.29, 0.717) is 5.75 Å². The van der Waals surface area contributed by atoms with Crippen molar-refractivity contribution in [3.63, 3.8) is 0 Å². The van der Waals surface area contributed by atoms with Crippen LogP contribution in [-0.4, -0.2) is 5.11 Å². The van der Waals surface area contributed by atoms with Crippen LogP contribution < -0.4 is 0 Å². The summed E-state index contributed by atoms with van der Waals surface area (Å²) < 4.78 is 0. The number of phenols is 1. The summed E-state index contributed by atoms with van der Waals surface area (Å²) in [7, 11) is 0. The van der Waals surface area contributed by atoms with E-state index in [1.54, 1.807) is 12.1 Å². The summed E-state index contributed by atoms with van der Waals surface area (Å²) in [5.41, 5.74) is 1.03. The van der Waals surface area contributed by atoms with Crippen LogP contribution in [0.25, 0.3) is 6.08 Å². The summed E-state index contributed by atoms with van der Waals surface area (Å²) in [6, 6.07) is 7.15. The van der Waals surface area contributed by atoms with Crippen LogP contribution in [0.4, 0.5) is 0 Å². The van der Waals surface area contributed by atoms with Gasteiger partial charge >= 0.3 is 0 Å². The molecule has 0 heterocycles. The van der Waals surface area contributed by atoms with Crippen molar-refractivity contribution in [2.24, 2.45) is 0 Å². The summed E-state index contributed by atoms with van der Waals surface area (Å²) in [6.07, 6.45) is 3.88. The van der Waals surface area contributed by atoms with Crippen molar-refractivity contribution in [3.05, 3.63) is 35.9 Å². The molecule has 0 saturated heterocycles. The minimum atomic E-state index is 0.315. The van der Waals surface area contributed by atoms with Crippen molar-refractivity contribution >= 4 is 6.08 Å². The third kappa shape index (κ3) is 1.62. The van der Waals surface area contributed by atoms with Gasteiger partial charge in [0.1, 0.15) is 5.75 Å². The van der Waals surface area contributed by atoms with Gasteiger partial charge in [-0.3, -0.25) is 0 Å². The molecule has 1 N–H and O–H groups in total. The lowest BCUT2D eigenvalue weighted by molar-refractivity contribution is 0.475. The van der Waals surface area contributed by atoms with E-state index in [9.17, 15) is 0 Å². The average Bonchev–Trinajstić information content (AvgIpc) is 1.88. The summed E-state index contributed by atoms with van der Waals surface area (Å²) in [6.45, 7) is 1.95. The Bertz CT molecular complexity index is 238. The second kappa shape index (κ2) is 3.06. The van der Waals surface area contributed by atoms with Crippen molar-refractivity contribution in [2.75, 3.05) is 0 Å². The van der Waals surface area contributed by atoms with Gasteiger partial charge in [0.2, 0.25) is 0 Å². The van der Waals surface area contributed by atoms with Gasteiger partial charge in [-0.25, -0.2) is 0 Å². The molecule has 1 rings (SSSR count). The van der Waals surface area contributed by atoms with Crippen molar-refractivity contribution < 1.29 is 5.11 Å². The number of benzene rings is 1. The van der Waals surface area contributed by atoms with E-state index in [-0.39, 0.29) is 0 Å². The van der Waals surface area contributed by atoms with Crippen LogP contribution in [0.1, 0.15) is 12.5 Å². The maximum absolute atomic E-state index is 9.01. The number of rotatable bonds is 1. The molecule has 1 heteroatoms. The van der Waals surface area contributed by atoms with Gasteiger partial charge in [-0.2, -0.15) is 0 Å². The number of aromatic hydroxyl groups is 1. The average molecular weight is 134 g/mol. The molecule has 10 heavy (non-hydrogen) atoms. The zero-order chi connectivity index (χ0) is 7.40. The number of hydrogen-bond acceptors (Lipinski definition) is 1. The molecule has 0 aliphatic rings. The lowest BCUT2D eigenvalue weighted by atomic mass is 10.2. The first-order chi connectivity index (χ1) is 4.83. The van der Waals surface area contributed by atoms with Crippen molar-refractivity contribution in [1.82, 2.24) is 0 Å². The number of allylic oxidation sites excluding steroid dienone is 1. The summed E-state index contributed by atoms with van der Waals surface area (Å²) in [4.78, 5) is 0. The van der Waals surface area contributed by atoms with Gasteiger partial charge in [-0.1, -0.05) is 24.3 Å². The third-order valence-electron chi connectivity index (χ3n) is 1.23. The monoisotopic (exact) mass is 134 g/mol. The molecule has 1 nitrogen and oxygen atoms in total. The van der Waals surface area contributed by atoms with E-state index < -0.39 is 0 Å². The highest BCUT2D eigenvalue weighted by Gasteiger charge is 1.86. The van der Waals surface area contributed by atoms with Gasteiger partial charge < -0.3 is 5.11 Å². The van der Waals surface area contributed by atoms with Gasteiger partial charge in [0.25, 0.3) is 0 Å².